The van der Waals surface area contributed by atoms with E-state index in [1.165, 1.54) is 0 Å². The number of rotatable bonds is 1. The highest BCUT2D eigenvalue weighted by molar-refractivity contribution is 6.48. The van der Waals surface area contributed by atoms with Crippen LogP contribution in [0.5, 0.6) is 0 Å². The summed E-state index contributed by atoms with van der Waals surface area (Å²) in [6.45, 7) is 0. The van der Waals surface area contributed by atoms with E-state index in [0.717, 1.165) is 0 Å². The van der Waals surface area contributed by atoms with Gasteiger partial charge in [-0.25, -0.2) is 0 Å². The molecule has 0 fully saturated rings. The second-order valence-electron chi connectivity index (χ2n) is 3.31. The molecule has 0 bridgehead atoms. The van der Waals surface area contributed by atoms with E-state index in [2.05, 4.69) is 0 Å². The Labute approximate surface area is 124 Å². The van der Waals surface area contributed by atoms with Crippen LogP contribution in [0.15, 0.2) is 30.3 Å². The number of halogens is 5. The molecule has 0 saturated carbocycles. The Morgan fingerprint density at radius 1 is 0.529 bits per heavy atom. The van der Waals surface area contributed by atoms with Crippen molar-refractivity contribution in [3.63, 3.8) is 0 Å². The fraction of sp³-hybridized carbons (Fsp3) is 0. The van der Waals surface area contributed by atoms with Crippen molar-refractivity contribution in [1.29, 1.82) is 0 Å². The zero-order valence-corrected chi connectivity index (χ0v) is 12.1. The summed E-state index contributed by atoms with van der Waals surface area (Å²) < 4.78 is 0. The molecule has 0 heterocycles. The second-order valence-corrected chi connectivity index (χ2v) is 5.32. The van der Waals surface area contributed by atoms with Gasteiger partial charge in [0.05, 0.1) is 15.1 Å². The van der Waals surface area contributed by atoms with Crippen LogP contribution >= 0.6 is 58.0 Å². The van der Waals surface area contributed by atoms with E-state index >= 15 is 0 Å². The lowest BCUT2D eigenvalue weighted by atomic mass is 10.1. The van der Waals surface area contributed by atoms with Crippen molar-refractivity contribution in [3.8, 4) is 11.1 Å². The van der Waals surface area contributed by atoms with Crippen molar-refractivity contribution in [1.82, 2.24) is 0 Å². The molecule has 0 amide bonds. The van der Waals surface area contributed by atoms with Crippen molar-refractivity contribution in [3.05, 3.63) is 55.4 Å². The van der Waals surface area contributed by atoms with Crippen LogP contribution in [0, 0.1) is 0 Å². The lowest BCUT2D eigenvalue weighted by Gasteiger charge is -2.12. The average molecular weight is 326 g/mol. The minimum absolute atomic E-state index is 0.342. The Morgan fingerprint density at radius 3 is 1.59 bits per heavy atom. The lowest BCUT2D eigenvalue weighted by Crippen LogP contribution is -1.86. The van der Waals surface area contributed by atoms with Crippen molar-refractivity contribution >= 4 is 58.0 Å². The second kappa shape index (κ2) is 5.26. The SMILES string of the molecule is Clc1ccc(Cl)c(-c2c(Cl)cccc2Cl)c1Cl. The fourth-order valence-corrected chi connectivity index (χ4v) is 2.80. The molecular weight excluding hydrogens is 321 g/mol. The van der Waals surface area contributed by atoms with Crippen molar-refractivity contribution in [2.24, 2.45) is 0 Å². The summed E-state index contributed by atoms with van der Waals surface area (Å²) in [5.41, 5.74) is 1.14. The first-order valence-corrected chi connectivity index (χ1v) is 6.49. The summed E-state index contributed by atoms with van der Waals surface area (Å²) in [4.78, 5) is 0. The van der Waals surface area contributed by atoms with Gasteiger partial charge in [-0.3, -0.25) is 0 Å². The standard InChI is InChI=1S/C12H5Cl5/c13-6-2-1-3-7(14)10(6)11-8(15)4-5-9(16)12(11)17/h1-5H. The summed E-state index contributed by atoms with van der Waals surface area (Å²) in [5.74, 6) is 0. The Morgan fingerprint density at radius 2 is 1.00 bits per heavy atom. The molecule has 0 aromatic heterocycles. The number of hydrogen-bond donors (Lipinski definition) is 0. The molecular formula is C12H5Cl5. The van der Waals surface area contributed by atoms with Crippen molar-refractivity contribution in [2.45, 2.75) is 0 Å². The van der Waals surface area contributed by atoms with Crippen LogP contribution in [-0.2, 0) is 0 Å². The lowest BCUT2D eigenvalue weighted by molar-refractivity contribution is 1.61. The van der Waals surface area contributed by atoms with E-state index in [0.29, 0.717) is 36.2 Å². The predicted molar refractivity (Wildman–Crippen MR) is 76.9 cm³/mol. The summed E-state index contributed by atoms with van der Waals surface area (Å²) in [6, 6.07) is 8.47. The van der Waals surface area contributed by atoms with Gasteiger partial charge in [-0.2, -0.15) is 0 Å². The maximum absolute atomic E-state index is 6.14. The predicted octanol–water partition coefficient (Wildman–Crippen LogP) is 6.62. The first-order valence-electron chi connectivity index (χ1n) is 4.60. The van der Waals surface area contributed by atoms with Crippen molar-refractivity contribution < 1.29 is 0 Å². The highest BCUT2D eigenvalue weighted by atomic mass is 35.5. The summed E-state index contributed by atoms with van der Waals surface area (Å²) in [7, 11) is 0. The van der Waals surface area contributed by atoms with Gasteiger partial charge in [0.25, 0.3) is 0 Å². The fourth-order valence-electron chi connectivity index (χ4n) is 1.49. The zero-order valence-electron chi connectivity index (χ0n) is 8.28. The van der Waals surface area contributed by atoms with E-state index < -0.39 is 0 Å². The quantitative estimate of drug-likeness (QED) is 0.517. The molecule has 0 aliphatic heterocycles. The molecule has 0 nitrogen and oxygen atoms in total. The normalized spacial score (nSPS) is 10.6. The number of benzene rings is 2. The third kappa shape index (κ3) is 2.52. The minimum Gasteiger partial charge on any atom is -0.0836 e. The highest BCUT2D eigenvalue weighted by Crippen LogP contribution is 2.44. The van der Waals surface area contributed by atoms with Gasteiger partial charge in [-0.1, -0.05) is 64.1 Å². The van der Waals surface area contributed by atoms with E-state index in [9.17, 15) is 0 Å². The highest BCUT2D eigenvalue weighted by Gasteiger charge is 2.17. The molecule has 0 radical (unpaired) electrons. The molecule has 0 unspecified atom stereocenters. The average Bonchev–Trinajstić information content (AvgIpc) is 2.28. The Kier molecular flexibility index (Phi) is 4.12. The van der Waals surface area contributed by atoms with Crippen LogP contribution in [-0.4, -0.2) is 0 Å². The smallest absolute Gasteiger partial charge is 0.0686 e. The van der Waals surface area contributed by atoms with E-state index in [-0.39, 0.29) is 0 Å². The monoisotopic (exact) mass is 324 g/mol. The zero-order chi connectivity index (χ0) is 12.6. The summed E-state index contributed by atoms with van der Waals surface area (Å²) in [6.07, 6.45) is 0. The van der Waals surface area contributed by atoms with Crippen LogP contribution in [0.4, 0.5) is 0 Å². The third-order valence-corrected chi connectivity index (χ3v) is 4.01. The first-order chi connectivity index (χ1) is 8.02. The van der Waals surface area contributed by atoms with Crippen LogP contribution < -0.4 is 0 Å². The molecule has 0 aliphatic carbocycles. The molecule has 0 aliphatic rings. The van der Waals surface area contributed by atoms with Gasteiger partial charge in [0, 0.05) is 21.2 Å². The van der Waals surface area contributed by atoms with Crippen LogP contribution in [0.25, 0.3) is 11.1 Å². The first kappa shape index (κ1) is 13.3. The summed E-state index contributed by atoms with van der Waals surface area (Å²) >= 11 is 30.5. The molecule has 0 spiro atoms. The molecule has 2 rings (SSSR count). The molecule has 17 heavy (non-hydrogen) atoms. The van der Waals surface area contributed by atoms with Gasteiger partial charge in [-0.05, 0) is 24.3 Å². The van der Waals surface area contributed by atoms with Gasteiger partial charge in [0.2, 0.25) is 0 Å². The molecule has 0 saturated heterocycles. The maximum Gasteiger partial charge on any atom is 0.0686 e. The summed E-state index contributed by atoms with van der Waals surface area (Å²) in [5, 5.41) is 2.15. The Bertz CT molecular complexity index is 557. The molecule has 2 aromatic rings. The Hall–Kier alpha value is -0.110. The van der Waals surface area contributed by atoms with Crippen LogP contribution in [0.3, 0.4) is 0 Å². The molecule has 5 heteroatoms. The largest absolute Gasteiger partial charge is 0.0836 e. The third-order valence-electron chi connectivity index (χ3n) is 2.26. The molecule has 2 aromatic carbocycles. The van der Waals surface area contributed by atoms with Gasteiger partial charge in [0.1, 0.15) is 0 Å². The topological polar surface area (TPSA) is 0 Å². The van der Waals surface area contributed by atoms with Crippen molar-refractivity contribution in [2.75, 3.05) is 0 Å². The molecule has 0 N–H and O–H groups in total. The van der Waals surface area contributed by atoms with E-state index in [4.69, 9.17) is 58.0 Å². The molecule has 88 valence electrons. The van der Waals surface area contributed by atoms with Crippen LogP contribution in [0.2, 0.25) is 25.1 Å². The number of hydrogen-bond acceptors (Lipinski definition) is 0. The van der Waals surface area contributed by atoms with Gasteiger partial charge in [-0.15, -0.1) is 0 Å². The van der Waals surface area contributed by atoms with E-state index in [1.807, 2.05) is 0 Å². The maximum atomic E-state index is 6.14. The van der Waals surface area contributed by atoms with Gasteiger partial charge >= 0.3 is 0 Å². The van der Waals surface area contributed by atoms with Gasteiger partial charge in [0.15, 0.2) is 0 Å². The minimum atomic E-state index is 0.342. The van der Waals surface area contributed by atoms with E-state index in [1.54, 1.807) is 30.3 Å². The van der Waals surface area contributed by atoms with Crippen LogP contribution in [0.1, 0.15) is 0 Å². The Balaban J connectivity index is 2.82. The van der Waals surface area contributed by atoms with Gasteiger partial charge < -0.3 is 0 Å². The molecule has 0 atom stereocenters.